The Labute approximate surface area is 142 Å². The molecule has 2 heterocycles. The Morgan fingerprint density at radius 3 is 2.50 bits per heavy atom. The van der Waals surface area contributed by atoms with Crippen molar-refractivity contribution < 1.29 is 9.59 Å². The zero-order valence-corrected chi connectivity index (χ0v) is 14.3. The van der Waals surface area contributed by atoms with Gasteiger partial charge >= 0.3 is 0 Å². The first kappa shape index (κ1) is 17.7. The third-order valence-electron chi connectivity index (χ3n) is 4.08. The lowest BCUT2D eigenvalue weighted by atomic mass is 10.0. The Morgan fingerprint density at radius 2 is 1.96 bits per heavy atom. The smallest absolute Gasteiger partial charge is 0.245 e. The van der Waals surface area contributed by atoms with Gasteiger partial charge in [0.1, 0.15) is 11.9 Å². The lowest BCUT2D eigenvalue weighted by Gasteiger charge is -2.37. The molecule has 1 aliphatic rings. The van der Waals surface area contributed by atoms with Gasteiger partial charge in [-0.1, -0.05) is 13.8 Å². The van der Waals surface area contributed by atoms with Gasteiger partial charge in [0.2, 0.25) is 11.8 Å². The van der Waals surface area contributed by atoms with Crippen LogP contribution in [0.4, 0.5) is 5.82 Å². The Bertz CT molecular complexity index is 645. The molecule has 1 atom stereocenters. The van der Waals surface area contributed by atoms with Crippen molar-refractivity contribution in [3.05, 3.63) is 23.9 Å². The van der Waals surface area contributed by atoms with E-state index in [1.165, 1.54) is 6.92 Å². The van der Waals surface area contributed by atoms with Gasteiger partial charge in [-0.15, -0.1) is 0 Å². The highest BCUT2D eigenvalue weighted by Gasteiger charge is 2.30. The summed E-state index contributed by atoms with van der Waals surface area (Å²) in [5.74, 6) is 0.550. The van der Waals surface area contributed by atoms with Crippen LogP contribution in [0.15, 0.2) is 18.3 Å². The summed E-state index contributed by atoms with van der Waals surface area (Å²) >= 11 is 0. The van der Waals surface area contributed by atoms with E-state index < -0.39 is 6.04 Å². The summed E-state index contributed by atoms with van der Waals surface area (Å²) in [6.45, 7) is 7.71. The number of aromatic nitrogens is 1. The van der Waals surface area contributed by atoms with Crippen LogP contribution in [0, 0.1) is 17.2 Å². The van der Waals surface area contributed by atoms with Gasteiger partial charge < -0.3 is 15.1 Å². The number of pyridine rings is 1. The number of nitrogens with zero attached hydrogens (tertiary/aromatic N) is 4. The second-order valence-corrected chi connectivity index (χ2v) is 6.25. The average molecular weight is 329 g/mol. The van der Waals surface area contributed by atoms with Crippen molar-refractivity contribution in [2.75, 3.05) is 31.1 Å². The zero-order chi connectivity index (χ0) is 17.7. The fourth-order valence-electron chi connectivity index (χ4n) is 2.75. The largest absolute Gasteiger partial charge is 0.353 e. The number of rotatable bonds is 4. The van der Waals surface area contributed by atoms with Gasteiger partial charge in [0.25, 0.3) is 0 Å². The molecule has 24 heavy (non-hydrogen) atoms. The molecule has 1 N–H and O–H groups in total. The molecule has 2 amide bonds. The first-order chi connectivity index (χ1) is 11.4. The van der Waals surface area contributed by atoms with Gasteiger partial charge in [-0.05, 0) is 18.1 Å². The molecular formula is C17H23N5O2. The van der Waals surface area contributed by atoms with E-state index in [0.717, 1.165) is 5.82 Å². The maximum Gasteiger partial charge on any atom is 0.245 e. The fourth-order valence-corrected chi connectivity index (χ4v) is 2.75. The number of amides is 2. The maximum atomic E-state index is 12.7. The van der Waals surface area contributed by atoms with Gasteiger partial charge in [-0.3, -0.25) is 9.59 Å². The van der Waals surface area contributed by atoms with Gasteiger partial charge in [0.05, 0.1) is 11.6 Å². The van der Waals surface area contributed by atoms with Crippen molar-refractivity contribution in [1.29, 1.82) is 5.26 Å². The molecule has 7 nitrogen and oxygen atoms in total. The quantitative estimate of drug-likeness (QED) is 0.881. The van der Waals surface area contributed by atoms with E-state index in [9.17, 15) is 9.59 Å². The first-order valence-corrected chi connectivity index (χ1v) is 8.09. The van der Waals surface area contributed by atoms with Crippen molar-refractivity contribution in [2.45, 2.75) is 26.8 Å². The minimum absolute atomic E-state index is 0.0356. The normalized spacial score (nSPS) is 15.8. The average Bonchev–Trinajstić information content (AvgIpc) is 2.59. The molecule has 0 radical (unpaired) electrons. The summed E-state index contributed by atoms with van der Waals surface area (Å²) in [6, 6.07) is 5.04. The van der Waals surface area contributed by atoms with Crippen molar-refractivity contribution in [2.24, 2.45) is 5.92 Å². The molecule has 0 bridgehead atoms. The molecule has 0 spiro atoms. The molecule has 1 fully saturated rings. The van der Waals surface area contributed by atoms with E-state index in [2.05, 4.69) is 21.3 Å². The van der Waals surface area contributed by atoms with Gasteiger partial charge in [0, 0.05) is 39.3 Å². The summed E-state index contributed by atoms with van der Waals surface area (Å²) in [5.41, 5.74) is 0.573. The lowest BCUT2D eigenvalue weighted by molar-refractivity contribution is -0.137. The molecule has 1 saturated heterocycles. The van der Waals surface area contributed by atoms with Crippen molar-refractivity contribution in [3.8, 4) is 6.07 Å². The molecule has 0 saturated carbocycles. The van der Waals surface area contributed by atoms with E-state index >= 15 is 0 Å². The lowest BCUT2D eigenvalue weighted by Crippen LogP contribution is -2.56. The second-order valence-electron chi connectivity index (χ2n) is 6.25. The summed E-state index contributed by atoms with van der Waals surface area (Å²) in [5, 5.41) is 11.7. The van der Waals surface area contributed by atoms with Crippen LogP contribution in [0.3, 0.4) is 0 Å². The standard InChI is InChI=1S/C17H23N5O2/c1-12(2)16(20-13(3)23)17(24)22-8-6-21(7-9-22)15-10-14(11-18)4-5-19-15/h4-5,10,12,16H,6-9H2,1-3H3,(H,20,23)/t16-/m1/s1. The van der Waals surface area contributed by atoms with E-state index in [0.29, 0.717) is 31.7 Å². The number of hydrogen-bond acceptors (Lipinski definition) is 5. The predicted octanol–water partition coefficient (Wildman–Crippen LogP) is 0.763. The summed E-state index contributed by atoms with van der Waals surface area (Å²) in [6.07, 6.45) is 1.62. The molecular weight excluding hydrogens is 306 g/mol. The number of carbonyl (C=O) groups is 2. The van der Waals surface area contributed by atoms with Crippen LogP contribution < -0.4 is 10.2 Å². The van der Waals surface area contributed by atoms with Crippen LogP contribution >= 0.6 is 0 Å². The molecule has 1 aliphatic heterocycles. The second kappa shape index (κ2) is 7.77. The Kier molecular flexibility index (Phi) is 5.74. The van der Waals surface area contributed by atoms with E-state index in [1.807, 2.05) is 13.8 Å². The molecule has 2 rings (SSSR count). The maximum absolute atomic E-state index is 12.7. The Balaban J connectivity index is 1.99. The minimum atomic E-state index is -0.492. The third-order valence-corrected chi connectivity index (χ3v) is 4.08. The third kappa shape index (κ3) is 4.22. The highest BCUT2D eigenvalue weighted by Crippen LogP contribution is 2.16. The van der Waals surface area contributed by atoms with Crippen LogP contribution in [0.1, 0.15) is 26.3 Å². The highest BCUT2D eigenvalue weighted by atomic mass is 16.2. The number of carbonyl (C=O) groups excluding carboxylic acids is 2. The van der Waals surface area contributed by atoms with E-state index in [-0.39, 0.29) is 17.7 Å². The van der Waals surface area contributed by atoms with Crippen LogP contribution in [-0.4, -0.2) is 53.9 Å². The fraction of sp³-hybridized carbons (Fsp3) is 0.529. The first-order valence-electron chi connectivity index (χ1n) is 8.09. The molecule has 0 aliphatic carbocycles. The van der Waals surface area contributed by atoms with Crippen LogP contribution in [-0.2, 0) is 9.59 Å². The molecule has 0 aromatic carbocycles. The number of nitrogens with one attached hydrogen (secondary N) is 1. The zero-order valence-electron chi connectivity index (χ0n) is 14.3. The molecule has 7 heteroatoms. The molecule has 128 valence electrons. The number of nitriles is 1. The Morgan fingerprint density at radius 1 is 1.29 bits per heavy atom. The highest BCUT2D eigenvalue weighted by molar-refractivity contribution is 5.87. The Hall–Kier alpha value is -2.62. The van der Waals surface area contributed by atoms with Crippen LogP contribution in [0.25, 0.3) is 0 Å². The van der Waals surface area contributed by atoms with E-state index in [1.54, 1.807) is 23.2 Å². The predicted molar refractivity (Wildman–Crippen MR) is 90.2 cm³/mol. The summed E-state index contributed by atoms with van der Waals surface area (Å²) < 4.78 is 0. The summed E-state index contributed by atoms with van der Waals surface area (Å²) in [4.78, 5) is 32.1. The van der Waals surface area contributed by atoms with Gasteiger partial charge in [-0.25, -0.2) is 4.98 Å². The van der Waals surface area contributed by atoms with Crippen molar-refractivity contribution in [3.63, 3.8) is 0 Å². The van der Waals surface area contributed by atoms with E-state index in [4.69, 9.17) is 5.26 Å². The number of piperazine rings is 1. The van der Waals surface area contributed by atoms with Gasteiger partial charge in [0.15, 0.2) is 0 Å². The van der Waals surface area contributed by atoms with Gasteiger partial charge in [-0.2, -0.15) is 5.26 Å². The molecule has 1 aromatic heterocycles. The monoisotopic (exact) mass is 329 g/mol. The number of anilines is 1. The molecule has 1 aromatic rings. The molecule has 0 unspecified atom stereocenters. The van der Waals surface area contributed by atoms with Crippen molar-refractivity contribution in [1.82, 2.24) is 15.2 Å². The summed E-state index contributed by atoms with van der Waals surface area (Å²) in [7, 11) is 0. The SMILES string of the molecule is CC(=O)N[C@@H](C(=O)N1CCN(c2cc(C#N)ccn2)CC1)C(C)C. The van der Waals surface area contributed by atoms with Crippen molar-refractivity contribution >= 4 is 17.6 Å². The van der Waals surface area contributed by atoms with Crippen LogP contribution in [0.5, 0.6) is 0 Å². The van der Waals surface area contributed by atoms with Crippen LogP contribution in [0.2, 0.25) is 0 Å². The minimum Gasteiger partial charge on any atom is -0.353 e. The number of hydrogen-bond donors (Lipinski definition) is 1. The topological polar surface area (TPSA) is 89.3 Å².